The maximum absolute atomic E-state index is 12.7. The maximum atomic E-state index is 12.7. The van der Waals surface area contributed by atoms with E-state index in [0.717, 1.165) is 61.0 Å². The summed E-state index contributed by atoms with van der Waals surface area (Å²) >= 11 is 0. The molecule has 4 aromatic rings. The number of aryl methyl sites for hydroxylation is 2. The first kappa shape index (κ1) is 22.2. The molecule has 2 aromatic heterocycles. The Bertz CT molecular complexity index is 1340. The second-order valence-corrected chi connectivity index (χ2v) is 9.42. The molecule has 1 amide bonds. The number of carbonyl (C=O) groups is 1. The fraction of sp³-hybridized carbons (Fsp3) is 0.310. The zero-order valence-corrected chi connectivity index (χ0v) is 19.7. The van der Waals surface area contributed by atoms with Crippen LogP contribution < -0.4 is 5.56 Å². The zero-order valence-electron chi connectivity index (χ0n) is 19.7. The third-order valence-corrected chi connectivity index (χ3v) is 7.12. The summed E-state index contributed by atoms with van der Waals surface area (Å²) in [5, 5.41) is 1.15. The Labute approximate surface area is 200 Å². The van der Waals surface area contributed by atoms with Crippen LogP contribution in [0.4, 0.5) is 0 Å². The number of hydrogen-bond donors (Lipinski definition) is 1. The van der Waals surface area contributed by atoms with Crippen LogP contribution in [0.25, 0.3) is 22.0 Å². The summed E-state index contributed by atoms with van der Waals surface area (Å²) in [7, 11) is 0. The van der Waals surface area contributed by atoms with Gasteiger partial charge in [-0.05, 0) is 73.1 Å². The molecule has 0 bridgehead atoms. The van der Waals surface area contributed by atoms with Crippen molar-refractivity contribution in [3.8, 4) is 11.1 Å². The fourth-order valence-electron chi connectivity index (χ4n) is 5.15. The van der Waals surface area contributed by atoms with Crippen LogP contribution in [0.1, 0.15) is 30.4 Å². The van der Waals surface area contributed by atoms with Crippen molar-refractivity contribution in [3.63, 3.8) is 0 Å². The molecule has 5 nitrogen and oxygen atoms in total. The highest BCUT2D eigenvalue weighted by Crippen LogP contribution is 2.27. The Balaban J connectivity index is 1.20. The lowest BCUT2D eigenvalue weighted by Gasteiger charge is -2.32. The number of pyridine rings is 1. The Kier molecular flexibility index (Phi) is 6.35. The lowest BCUT2D eigenvalue weighted by molar-refractivity contribution is -0.132. The largest absolute Gasteiger partial charge is 0.347 e. The maximum Gasteiger partial charge on any atom is 0.256 e. The van der Waals surface area contributed by atoms with Crippen molar-refractivity contribution in [1.29, 1.82) is 0 Å². The van der Waals surface area contributed by atoms with Gasteiger partial charge in [-0.2, -0.15) is 0 Å². The number of aromatic nitrogens is 2. The fourth-order valence-corrected chi connectivity index (χ4v) is 5.15. The number of nitrogens with zero attached hydrogens (tertiary/aromatic N) is 2. The lowest BCUT2D eigenvalue weighted by Crippen LogP contribution is -2.39. The van der Waals surface area contributed by atoms with Gasteiger partial charge in [0.2, 0.25) is 5.91 Å². The van der Waals surface area contributed by atoms with E-state index in [0.29, 0.717) is 12.3 Å². The number of piperidine rings is 1. The Morgan fingerprint density at radius 1 is 1.03 bits per heavy atom. The van der Waals surface area contributed by atoms with Crippen molar-refractivity contribution in [2.24, 2.45) is 5.92 Å². The number of fused-ring (bicyclic) bond motifs is 1. The minimum atomic E-state index is -0.0520. The molecule has 1 aliphatic heterocycles. The van der Waals surface area contributed by atoms with Gasteiger partial charge in [0.25, 0.3) is 5.56 Å². The minimum Gasteiger partial charge on any atom is -0.347 e. The number of nitrogens with one attached hydrogen (secondary N) is 1. The molecule has 0 aliphatic carbocycles. The van der Waals surface area contributed by atoms with Gasteiger partial charge in [0.15, 0.2) is 0 Å². The first-order chi connectivity index (χ1) is 16.6. The van der Waals surface area contributed by atoms with E-state index in [1.54, 1.807) is 6.20 Å². The molecule has 0 atom stereocenters. The Morgan fingerprint density at radius 3 is 2.59 bits per heavy atom. The summed E-state index contributed by atoms with van der Waals surface area (Å²) in [5.41, 5.74) is 5.03. The predicted octanol–water partition coefficient (Wildman–Crippen LogP) is 5.18. The number of rotatable bonds is 6. The molecule has 0 radical (unpaired) electrons. The topological polar surface area (TPSA) is 58.1 Å². The number of likely N-dealkylation sites (tertiary alicyclic amines) is 1. The molecule has 5 heteroatoms. The van der Waals surface area contributed by atoms with Gasteiger partial charge in [-0.3, -0.25) is 9.59 Å². The molecular weight excluding hydrogens is 422 g/mol. The Morgan fingerprint density at radius 2 is 1.82 bits per heavy atom. The number of benzene rings is 2. The van der Waals surface area contributed by atoms with Crippen molar-refractivity contribution in [3.05, 3.63) is 94.5 Å². The monoisotopic (exact) mass is 453 g/mol. The van der Waals surface area contributed by atoms with E-state index >= 15 is 0 Å². The lowest BCUT2D eigenvalue weighted by atomic mass is 9.96. The smallest absolute Gasteiger partial charge is 0.256 e. The van der Waals surface area contributed by atoms with E-state index in [-0.39, 0.29) is 11.5 Å². The van der Waals surface area contributed by atoms with E-state index < -0.39 is 0 Å². The second kappa shape index (κ2) is 9.72. The van der Waals surface area contributed by atoms with Crippen LogP contribution in [0.15, 0.2) is 77.9 Å². The van der Waals surface area contributed by atoms with Gasteiger partial charge in [0.1, 0.15) is 0 Å². The molecule has 5 rings (SSSR count). The van der Waals surface area contributed by atoms with Crippen molar-refractivity contribution < 1.29 is 4.79 Å². The summed E-state index contributed by atoms with van der Waals surface area (Å²) < 4.78 is 2.32. The van der Waals surface area contributed by atoms with Crippen LogP contribution in [0.3, 0.4) is 0 Å². The van der Waals surface area contributed by atoms with Gasteiger partial charge in [0, 0.05) is 54.9 Å². The third kappa shape index (κ3) is 4.69. The normalized spacial score (nSPS) is 14.6. The average Bonchev–Trinajstić information content (AvgIpc) is 3.25. The van der Waals surface area contributed by atoms with Crippen LogP contribution in [0, 0.1) is 12.8 Å². The summed E-state index contributed by atoms with van der Waals surface area (Å²) in [6.45, 7) is 4.62. The van der Waals surface area contributed by atoms with Gasteiger partial charge in [-0.1, -0.05) is 36.4 Å². The van der Waals surface area contributed by atoms with Gasteiger partial charge >= 0.3 is 0 Å². The molecule has 3 heterocycles. The quantitative estimate of drug-likeness (QED) is 0.438. The molecular formula is C29H31N3O2. The van der Waals surface area contributed by atoms with Crippen LogP contribution in [-0.4, -0.2) is 33.4 Å². The minimum absolute atomic E-state index is 0.0520. The molecule has 174 valence electrons. The molecule has 2 aromatic carbocycles. The second-order valence-electron chi connectivity index (χ2n) is 9.42. The van der Waals surface area contributed by atoms with Gasteiger partial charge in [-0.25, -0.2) is 0 Å². The van der Waals surface area contributed by atoms with E-state index in [1.165, 1.54) is 11.1 Å². The van der Waals surface area contributed by atoms with E-state index in [9.17, 15) is 9.59 Å². The van der Waals surface area contributed by atoms with Crippen LogP contribution >= 0.6 is 0 Å². The van der Waals surface area contributed by atoms with Crippen molar-refractivity contribution >= 4 is 16.8 Å². The van der Waals surface area contributed by atoms with Crippen molar-refractivity contribution in [1.82, 2.24) is 14.5 Å². The van der Waals surface area contributed by atoms with E-state index in [2.05, 4.69) is 46.1 Å². The summed E-state index contributed by atoms with van der Waals surface area (Å²) in [6, 6.07) is 20.6. The summed E-state index contributed by atoms with van der Waals surface area (Å²) in [6.07, 6.45) is 7.31. The number of H-pyrrole nitrogens is 1. The Hall–Kier alpha value is -3.60. The number of amides is 1. The molecule has 1 aliphatic rings. The SMILES string of the molecule is Cc1cc[nH]c(=O)c1-c1ccc2c(ccn2CC2CCN(C(=O)CCc3ccccc3)CC2)c1. The standard InChI is InChI=1S/C29H31N3O2/c1-21-11-15-30-29(34)28(21)25-8-9-26-24(19-25)14-18-32(26)20-23-12-16-31(17-13-23)27(33)10-7-22-5-3-2-4-6-22/h2-6,8-9,11,14-15,18-19,23H,7,10,12-13,16-17,20H2,1H3,(H,30,34). The molecule has 0 saturated carbocycles. The van der Waals surface area contributed by atoms with Crippen molar-refractivity contribution in [2.45, 2.75) is 39.2 Å². The zero-order chi connectivity index (χ0) is 23.5. The van der Waals surface area contributed by atoms with Crippen LogP contribution in [0.2, 0.25) is 0 Å². The first-order valence-corrected chi connectivity index (χ1v) is 12.2. The molecule has 0 unspecified atom stereocenters. The molecule has 1 fully saturated rings. The van der Waals surface area contributed by atoms with Gasteiger partial charge < -0.3 is 14.5 Å². The van der Waals surface area contributed by atoms with E-state index in [4.69, 9.17) is 0 Å². The van der Waals surface area contributed by atoms with E-state index in [1.807, 2.05) is 42.2 Å². The highest BCUT2D eigenvalue weighted by atomic mass is 16.2. The summed E-state index contributed by atoms with van der Waals surface area (Å²) in [5.74, 6) is 0.833. The number of aromatic amines is 1. The number of carbonyl (C=O) groups excluding carboxylic acids is 1. The van der Waals surface area contributed by atoms with Gasteiger partial charge in [0.05, 0.1) is 0 Å². The third-order valence-electron chi connectivity index (χ3n) is 7.12. The highest BCUT2D eigenvalue weighted by molar-refractivity contribution is 5.86. The van der Waals surface area contributed by atoms with Gasteiger partial charge in [-0.15, -0.1) is 0 Å². The van der Waals surface area contributed by atoms with Crippen molar-refractivity contribution in [2.75, 3.05) is 13.1 Å². The average molecular weight is 454 g/mol. The molecule has 0 spiro atoms. The first-order valence-electron chi connectivity index (χ1n) is 12.2. The molecule has 34 heavy (non-hydrogen) atoms. The highest BCUT2D eigenvalue weighted by Gasteiger charge is 2.23. The van der Waals surface area contributed by atoms with Crippen LogP contribution in [0.5, 0.6) is 0 Å². The number of hydrogen-bond acceptors (Lipinski definition) is 2. The van der Waals surface area contributed by atoms with Crippen LogP contribution in [-0.2, 0) is 17.8 Å². The predicted molar refractivity (Wildman–Crippen MR) is 137 cm³/mol. The molecule has 1 saturated heterocycles. The summed E-state index contributed by atoms with van der Waals surface area (Å²) in [4.78, 5) is 29.8. The molecule has 1 N–H and O–H groups in total.